The van der Waals surface area contributed by atoms with Crippen LogP contribution in [0.25, 0.3) is 0 Å². The van der Waals surface area contributed by atoms with Crippen LogP contribution >= 0.6 is 27.3 Å². The standard InChI is InChI=1S/C19H18BrF6N3O3S2/c20-15-2-3-17(33-15)34(31,32)29-5-1-4-28(6-7-29)11-16(30)27-14-9-12(18(21,22)23)8-13(10-14)19(24,25)26/h2-3,8-10H,1,4-7,11H2,(H,27,30). The molecule has 1 aliphatic heterocycles. The summed E-state index contributed by atoms with van der Waals surface area (Å²) in [6, 6.07) is 3.94. The Morgan fingerprint density at radius 1 is 0.971 bits per heavy atom. The Labute approximate surface area is 203 Å². The fraction of sp³-hybridized carbons (Fsp3) is 0.421. The fourth-order valence-electron chi connectivity index (χ4n) is 3.34. The molecule has 0 unspecified atom stereocenters. The monoisotopic (exact) mass is 593 g/mol. The minimum Gasteiger partial charge on any atom is -0.325 e. The summed E-state index contributed by atoms with van der Waals surface area (Å²) in [5, 5.41) is 2.09. The summed E-state index contributed by atoms with van der Waals surface area (Å²) in [5.41, 5.74) is -3.70. The lowest BCUT2D eigenvalue weighted by Gasteiger charge is -2.21. The van der Waals surface area contributed by atoms with Crippen molar-refractivity contribution in [3.8, 4) is 0 Å². The molecular weight excluding hydrogens is 576 g/mol. The van der Waals surface area contributed by atoms with Crippen molar-refractivity contribution in [2.24, 2.45) is 0 Å². The number of hydrogen-bond acceptors (Lipinski definition) is 5. The van der Waals surface area contributed by atoms with E-state index in [0.29, 0.717) is 28.9 Å². The molecule has 1 fully saturated rings. The van der Waals surface area contributed by atoms with Crippen molar-refractivity contribution in [3.63, 3.8) is 0 Å². The number of carbonyl (C=O) groups is 1. The normalized spacial score (nSPS) is 16.9. The van der Waals surface area contributed by atoms with Gasteiger partial charge in [0, 0.05) is 25.3 Å². The third-order valence-corrected chi connectivity index (χ3v) is 8.92. The number of sulfonamides is 1. The molecule has 15 heteroatoms. The van der Waals surface area contributed by atoms with Gasteiger partial charge in [0.25, 0.3) is 10.0 Å². The van der Waals surface area contributed by atoms with Crippen LogP contribution in [0.15, 0.2) is 38.3 Å². The summed E-state index contributed by atoms with van der Waals surface area (Å²) >= 11 is 4.28. The second-order valence-corrected chi connectivity index (χ2v) is 12.1. The van der Waals surface area contributed by atoms with Crippen LogP contribution in [0.1, 0.15) is 17.5 Å². The molecule has 0 bridgehead atoms. The largest absolute Gasteiger partial charge is 0.416 e. The maximum absolute atomic E-state index is 13.0. The number of carbonyl (C=O) groups excluding carboxylic acids is 1. The Balaban J connectivity index is 1.67. The van der Waals surface area contributed by atoms with Crippen LogP contribution < -0.4 is 5.32 Å². The summed E-state index contributed by atoms with van der Waals surface area (Å²) in [7, 11) is -3.72. The fourth-order valence-corrected chi connectivity index (χ4v) is 6.97. The maximum atomic E-state index is 13.0. The van der Waals surface area contributed by atoms with Gasteiger partial charge in [-0.2, -0.15) is 30.6 Å². The van der Waals surface area contributed by atoms with Crippen LogP contribution in [0.3, 0.4) is 0 Å². The summed E-state index contributed by atoms with van der Waals surface area (Å²) in [6.45, 7) is 0.445. The molecule has 1 aliphatic rings. The molecule has 1 N–H and O–H groups in total. The van der Waals surface area contributed by atoms with E-state index in [1.54, 1.807) is 11.0 Å². The average Bonchev–Trinajstić information content (AvgIpc) is 3.02. The first-order chi connectivity index (χ1) is 15.7. The molecule has 1 amide bonds. The first-order valence-corrected chi connectivity index (χ1v) is 12.8. The summed E-state index contributed by atoms with van der Waals surface area (Å²) in [5.74, 6) is -0.814. The van der Waals surface area contributed by atoms with Crippen molar-refractivity contribution in [1.29, 1.82) is 0 Å². The van der Waals surface area contributed by atoms with Gasteiger partial charge >= 0.3 is 12.4 Å². The van der Waals surface area contributed by atoms with Crippen LogP contribution in [0.4, 0.5) is 32.0 Å². The van der Waals surface area contributed by atoms with Crippen LogP contribution in [-0.4, -0.2) is 56.3 Å². The number of alkyl halides is 6. The van der Waals surface area contributed by atoms with Gasteiger partial charge in [-0.25, -0.2) is 8.42 Å². The van der Waals surface area contributed by atoms with E-state index in [1.807, 2.05) is 0 Å². The van der Waals surface area contributed by atoms with Gasteiger partial charge in [-0.1, -0.05) is 0 Å². The second-order valence-electron chi connectivity index (χ2n) is 7.44. The van der Waals surface area contributed by atoms with Gasteiger partial charge in [0.1, 0.15) is 4.21 Å². The van der Waals surface area contributed by atoms with E-state index in [1.165, 1.54) is 10.4 Å². The van der Waals surface area contributed by atoms with Crippen LogP contribution in [-0.2, 0) is 27.2 Å². The number of nitrogens with zero attached hydrogens (tertiary/aromatic N) is 2. The zero-order chi connectivity index (χ0) is 25.3. The molecule has 0 spiro atoms. The van der Waals surface area contributed by atoms with Crippen LogP contribution in [0, 0.1) is 0 Å². The number of amides is 1. The van der Waals surface area contributed by atoms with Gasteiger partial charge < -0.3 is 5.32 Å². The van der Waals surface area contributed by atoms with Gasteiger partial charge in [0.15, 0.2) is 0 Å². The Kier molecular flexibility index (Phi) is 8.02. The first kappa shape index (κ1) is 26.9. The molecule has 1 aromatic carbocycles. The zero-order valence-corrected chi connectivity index (χ0v) is 20.4. The van der Waals surface area contributed by atoms with Gasteiger partial charge in [-0.05, 0) is 59.2 Å². The molecule has 6 nitrogen and oxygen atoms in total. The highest BCUT2D eigenvalue weighted by molar-refractivity contribution is 9.11. The van der Waals surface area contributed by atoms with Crippen LogP contribution in [0.2, 0.25) is 0 Å². The summed E-state index contributed by atoms with van der Waals surface area (Å²) in [4.78, 5) is 14.0. The summed E-state index contributed by atoms with van der Waals surface area (Å²) in [6.07, 6.45) is -9.67. The number of rotatable bonds is 5. The average molecular weight is 594 g/mol. The number of nitrogens with one attached hydrogen (secondary N) is 1. The third kappa shape index (κ3) is 6.71. The SMILES string of the molecule is O=C(CN1CCCN(S(=O)(=O)c2ccc(Br)s2)CC1)Nc1cc(C(F)(F)F)cc(C(F)(F)F)c1. The highest BCUT2D eigenvalue weighted by Crippen LogP contribution is 2.37. The first-order valence-electron chi connectivity index (χ1n) is 9.73. The number of benzene rings is 1. The third-order valence-electron chi connectivity index (χ3n) is 4.93. The molecule has 2 heterocycles. The molecule has 0 saturated carbocycles. The zero-order valence-electron chi connectivity index (χ0n) is 17.2. The molecule has 0 atom stereocenters. The van der Waals surface area contributed by atoms with Gasteiger partial charge in [0.2, 0.25) is 5.91 Å². The van der Waals surface area contributed by atoms with Crippen molar-refractivity contribution < 1.29 is 39.6 Å². The van der Waals surface area contributed by atoms with E-state index in [-0.39, 0.29) is 36.5 Å². The van der Waals surface area contributed by atoms with Crippen molar-refractivity contribution in [3.05, 3.63) is 45.2 Å². The number of thiophene rings is 1. The van der Waals surface area contributed by atoms with E-state index >= 15 is 0 Å². The van der Waals surface area contributed by atoms with Gasteiger partial charge in [-0.3, -0.25) is 9.69 Å². The van der Waals surface area contributed by atoms with Crippen molar-refractivity contribution in [2.75, 3.05) is 38.0 Å². The topological polar surface area (TPSA) is 69.7 Å². The maximum Gasteiger partial charge on any atom is 0.416 e. The second kappa shape index (κ2) is 10.1. The lowest BCUT2D eigenvalue weighted by molar-refractivity contribution is -0.143. The van der Waals surface area contributed by atoms with E-state index in [0.717, 1.165) is 11.3 Å². The lowest BCUT2D eigenvalue weighted by Crippen LogP contribution is -2.37. The van der Waals surface area contributed by atoms with Crippen molar-refractivity contribution >= 4 is 48.9 Å². The molecule has 0 radical (unpaired) electrons. The number of halogens is 7. The molecular formula is C19H18BrF6N3O3S2. The predicted octanol–water partition coefficient (Wildman–Crippen LogP) is 4.88. The molecule has 3 rings (SSSR count). The molecule has 0 aliphatic carbocycles. The minimum absolute atomic E-state index is 0.0222. The molecule has 1 saturated heterocycles. The van der Waals surface area contributed by atoms with E-state index in [2.05, 4.69) is 21.2 Å². The highest BCUT2D eigenvalue weighted by Gasteiger charge is 2.37. The minimum atomic E-state index is -5.03. The molecule has 188 valence electrons. The van der Waals surface area contributed by atoms with Crippen LogP contribution in [0.5, 0.6) is 0 Å². The molecule has 1 aromatic heterocycles. The summed E-state index contributed by atoms with van der Waals surface area (Å²) < 4.78 is 106. The Bertz CT molecular complexity index is 1120. The molecule has 2 aromatic rings. The highest BCUT2D eigenvalue weighted by atomic mass is 79.9. The predicted molar refractivity (Wildman–Crippen MR) is 117 cm³/mol. The smallest absolute Gasteiger partial charge is 0.325 e. The number of anilines is 1. The Morgan fingerprint density at radius 3 is 2.12 bits per heavy atom. The Hall–Kier alpha value is -1.68. The van der Waals surface area contributed by atoms with E-state index in [9.17, 15) is 39.6 Å². The quantitative estimate of drug-likeness (QED) is 0.502. The van der Waals surface area contributed by atoms with Gasteiger partial charge in [-0.15, -0.1) is 11.3 Å². The number of hydrogen-bond donors (Lipinski definition) is 1. The Morgan fingerprint density at radius 2 is 1.59 bits per heavy atom. The lowest BCUT2D eigenvalue weighted by atomic mass is 10.1. The van der Waals surface area contributed by atoms with Crippen molar-refractivity contribution in [2.45, 2.75) is 23.0 Å². The van der Waals surface area contributed by atoms with E-state index in [4.69, 9.17) is 0 Å². The van der Waals surface area contributed by atoms with Crippen molar-refractivity contribution in [1.82, 2.24) is 9.21 Å². The van der Waals surface area contributed by atoms with Gasteiger partial charge in [0.05, 0.1) is 21.5 Å². The van der Waals surface area contributed by atoms with E-state index < -0.39 is 45.1 Å². The molecule has 34 heavy (non-hydrogen) atoms.